The molecule has 0 amide bonds. The molecule has 0 nitrogen and oxygen atoms in total. The zero-order chi connectivity index (χ0) is 5.11. The van der Waals surface area contributed by atoms with E-state index in [4.69, 9.17) is 12.6 Å². The first-order valence-corrected chi connectivity index (χ1v) is 3.52. The zero-order valence-electron chi connectivity index (χ0n) is 4.82. The smallest absolute Gasteiger partial charge is 0.789 e. The Morgan fingerprint density at radius 1 is 1.00 bits per heavy atom. The molecule has 0 aromatic carbocycles. The van der Waals surface area contributed by atoms with Gasteiger partial charge in [0.2, 0.25) is 0 Å². The summed E-state index contributed by atoms with van der Waals surface area (Å²) in [5.41, 5.74) is 0. The molecule has 0 N–H and O–H groups in total. The summed E-state index contributed by atoms with van der Waals surface area (Å²) in [6.07, 6.45) is 6.79. The van der Waals surface area contributed by atoms with Crippen molar-refractivity contribution in [3.05, 3.63) is 0 Å². The summed E-state index contributed by atoms with van der Waals surface area (Å²) in [7, 11) is 0. The molecule has 0 radical (unpaired) electrons. The maximum absolute atomic E-state index is 5.09. The topological polar surface area (TPSA) is 0 Å². The summed E-state index contributed by atoms with van der Waals surface area (Å²) < 4.78 is 0. The minimum absolute atomic E-state index is 0. The standard InChI is InChI=1S/C6H12S.Cu/c7-6-4-2-1-3-5-6;/h6-7H,1-5H2;/q;+1/p-1. The van der Waals surface area contributed by atoms with Gasteiger partial charge >= 0.3 is 17.1 Å². The van der Waals surface area contributed by atoms with Crippen molar-refractivity contribution in [3.63, 3.8) is 0 Å². The van der Waals surface area contributed by atoms with E-state index in [0.717, 1.165) is 0 Å². The summed E-state index contributed by atoms with van der Waals surface area (Å²) in [5.74, 6) is 0. The predicted molar refractivity (Wildman–Crippen MR) is 34.2 cm³/mol. The van der Waals surface area contributed by atoms with E-state index in [9.17, 15) is 0 Å². The molecule has 0 saturated heterocycles. The molecule has 0 heterocycles. The van der Waals surface area contributed by atoms with Gasteiger partial charge in [-0.25, -0.2) is 0 Å². The van der Waals surface area contributed by atoms with Crippen molar-refractivity contribution in [2.24, 2.45) is 0 Å². The fourth-order valence-electron chi connectivity index (χ4n) is 1.07. The van der Waals surface area contributed by atoms with Crippen LogP contribution in [-0.4, -0.2) is 5.25 Å². The third-order valence-electron chi connectivity index (χ3n) is 1.55. The van der Waals surface area contributed by atoms with Crippen LogP contribution in [0.2, 0.25) is 0 Å². The second-order valence-corrected chi connectivity index (χ2v) is 2.93. The van der Waals surface area contributed by atoms with Crippen LogP contribution in [0.5, 0.6) is 0 Å². The molecular formula is C6H11CuS. The van der Waals surface area contributed by atoms with Crippen LogP contribution in [-0.2, 0) is 29.7 Å². The van der Waals surface area contributed by atoms with Gasteiger partial charge in [-0.15, -0.1) is 0 Å². The van der Waals surface area contributed by atoms with E-state index in [1.54, 1.807) is 0 Å². The van der Waals surface area contributed by atoms with E-state index in [-0.39, 0.29) is 17.1 Å². The van der Waals surface area contributed by atoms with E-state index < -0.39 is 0 Å². The molecule has 1 aliphatic rings. The van der Waals surface area contributed by atoms with E-state index in [2.05, 4.69) is 0 Å². The molecule has 0 bridgehead atoms. The molecule has 0 unspecified atom stereocenters. The summed E-state index contributed by atoms with van der Waals surface area (Å²) in [4.78, 5) is 0. The van der Waals surface area contributed by atoms with Crippen LogP contribution in [0, 0.1) is 0 Å². The van der Waals surface area contributed by atoms with Crippen molar-refractivity contribution < 1.29 is 17.1 Å². The van der Waals surface area contributed by atoms with Crippen molar-refractivity contribution in [2.45, 2.75) is 37.4 Å². The van der Waals surface area contributed by atoms with Crippen molar-refractivity contribution in [1.82, 2.24) is 0 Å². The molecule has 1 rings (SSSR count). The quantitative estimate of drug-likeness (QED) is 0.403. The van der Waals surface area contributed by atoms with Crippen molar-refractivity contribution >= 4 is 12.6 Å². The Morgan fingerprint density at radius 3 is 1.75 bits per heavy atom. The minimum Gasteiger partial charge on any atom is -0.789 e. The summed E-state index contributed by atoms with van der Waals surface area (Å²) in [6, 6.07) is 0. The van der Waals surface area contributed by atoms with Gasteiger partial charge in [0.05, 0.1) is 0 Å². The molecule has 1 saturated carbocycles. The first-order chi connectivity index (χ1) is 3.39. The van der Waals surface area contributed by atoms with Gasteiger partial charge in [0.1, 0.15) is 0 Å². The molecule has 8 heavy (non-hydrogen) atoms. The zero-order valence-corrected chi connectivity index (χ0v) is 6.58. The van der Waals surface area contributed by atoms with Gasteiger partial charge in [0.15, 0.2) is 0 Å². The van der Waals surface area contributed by atoms with Crippen LogP contribution in [0.4, 0.5) is 0 Å². The molecule has 1 aliphatic carbocycles. The van der Waals surface area contributed by atoms with Crippen LogP contribution in [0.15, 0.2) is 0 Å². The molecule has 0 aromatic rings. The number of hydrogen-bond donors (Lipinski definition) is 0. The third kappa shape index (κ3) is 3.01. The molecular weight excluding hydrogens is 168 g/mol. The van der Waals surface area contributed by atoms with Crippen LogP contribution in [0.1, 0.15) is 32.1 Å². The molecule has 2 heteroatoms. The first-order valence-electron chi connectivity index (χ1n) is 3.05. The third-order valence-corrected chi connectivity index (χ3v) is 2.02. The van der Waals surface area contributed by atoms with E-state index >= 15 is 0 Å². The summed E-state index contributed by atoms with van der Waals surface area (Å²) >= 11 is 5.09. The Balaban J connectivity index is 0.000000490. The van der Waals surface area contributed by atoms with Crippen molar-refractivity contribution in [1.29, 1.82) is 0 Å². The first kappa shape index (κ1) is 8.87. The second kappa shape index (κ2) is 4.72. The molecule has 0 aliphatic heterocycles. The number of hydrogen-bond acceptors (Lipinski definition) is 1. The Labute approximate surface area is 67.3 Å². The molecule has 1 fully saturated rings. The van der Waals surface area contributed by atoms with Gasteiger partial charge in [-0.3, -0.25) is 0 Å². The monoisotopic (exact) mass is 178 g/mol. The summed E-state index contributed by atoms with van der Waals surface area (Å²) in [5, 5.41) is 0.619. The van der Waals surface area contributed by atoms with E-state index in [1.807, 2.05) is 0 Å². The average molecular weight is 179 g/mol. The Bertz CT molecular complexity index is 50.5. The number of rotatable bonds is 0. The maximum Gasteiger partial charge on any atom is 1.00 e. The van der Waals surface area contributed by atoms with Gasteiger partial charge in [-0.1, -0.05) is 32.1 Å². The molecule has 52 valence electrons. The van der Waals surface area contributed by atoms with Gasteiger partial charge in [0.25, 0.3) is 0 Å². The Morgan fingerprint density at radius 2 is 1.50 bits per heavy atom. The molecule has 0 atom stereocenters. The van der Waals surface area contributed by atoms with E-state index in [1.165, 1.54) is 32.1 Å². The van der Waals surface area contributed by atoms with Crippen LogP contribution >= 0.6 is 0 Å². The summed E-state index contributed by atoms with van der Waals surface area (Å²) in [6.45, 7) is 0. The SMILES string of the molecule is [Cu+].[S-]C1CCCCC1. The second-order valence-electron chi connectivity index (χ2n) is 2.26. The molecule has 0 spiro atoms. The van der Waals surface area contributed by atoms with Gasteiger partial charge in [-0.2, -0.15) is 5.25 Å². The molecule has 0 aromatic heterocycles. The fourth-order valence-corrected chi connectivity index (χ4v) is 1.40. The maximum atomic E-state index is 5.09. The van der Waals surface area contributed by atoms with Gasteiger partial charge in [0, 0.05) is 0 Å². The van der Waals surface area contributed by atoms with Crippen LogP contribution in [0.25, 0.3) is 0 Å². The Hall–Kier alpha value is 0.869. The van der Waals surface area contributed by atoms with E-state index in [0.29, 0.717) is 5.25 Å². The normalized spacial score (nSPS) is 22.1. The Kier molecular flexibility index (Phi) is 5.23. The van der Waals surface area contributed by atoms with Crippen LogP contribution < -0.4 is 0 Å². The van der Waals surface area contributed by atoms with Crippen LogP contribution in [0.3, 0.4) is 0 Å². The van der Waals surface area contributed by atoms with Gasteiger partial charge < -0.3 is 12.6 Å². The predicted octanol–water partition coefficient (Wildman–Crippen LogP) is 1.86. The largest absolute Gasteiger partial charge is 1.00 e. The van der Waals surface area contributed by atoms with Gasteiger partial charge in [-0.05, 0) is 0 Å². The van der Waals surface area contributed by atoms with Crippen molar-refractivity contribution in [3.8, 4) is 0 Å². The van der Waals surface area contributed by atoms with Crippen molar-refractivity contribution in [2.75, 3.05) is 0 Å². The average Bonchev–Trinajstić information content (AvgIpc) is 1.69. The fraction of sp³-hybridized carbons (Fsp3) is 1.00. The minimum atomic E-state index is 0.